The number of tetrazole rings is 1. The zero-order valence-electron chi connectivity index (χ0n) is 17.2. The number of nitrogens with one attached hydrogen (secondary N) is 2. The van der Waals surface area contributed by atoms with Crippen LogP contribution in [0, 0.1) is 0 Å². The first-order chi connectivity index (χ1) is 15.4. The average Bonchev–Trinajstić information content (AvgIpc) is 3.40. The fraction of sp³-hybridized carbons (Fsp3) is 0.474. The second-order valence-electron chi connectivity index (χ2n) is 7.98. The van der Waals surface area contributed by atoms with Gasteiger partial charge in [-0.15, -0.1) is 10.2 Å². The van der Waals surface area contributed by atoms with Crippen molar-refractivity contribution in [1.82, 2.24) is 30.8 Å². The molecule has 2 aliphatic rings. The third-order valence-corrected chi connectivity index (χ3v) is 5.50. The van der Waals surface area contributed by atoms with Crippen LogP contribution >= 0.6 is 0 Å². The standard InChI is InChI=1S/C19H23BN6O6/c27-14(7-12-6-11-2-1-3-15(19(29)30)18(11)32-20(12)31)8-16-23-25-26(24-16)10-17(28)22-13-4-5-21-9-13/h1-3,12-13,21,31H,4-10H2,(H,22,28)(H,29,30)/t12-,13+/m1/s1. The van der Waals surface area contributed by atoms with Crippen molar-refractivity contribution in [3.8, 4) is 5.75 Å². The van der Waals surface area contributed by atoms with Crippen LogP contribution in [-0.2, 0) is 29.0 Å². The Hall–Kier alpha value is -3.32. The minimum Gasteiger partial charge on any atom is -0.535 e. The molecule has 0 bridgehead atoms. The summed E-state index contributed by atoms with van der Waals surface area (Å²) in [7, 11) is -1.30. The number of Topliss-reactive ketones (excluding diaryl/α,β-unsaturated/α-hetero) is 1. The number of hydrogen-bond acceptors (Lipinski definition) is 9. The molecule has 4 rings (SSSR count). The van der Waals surface area contributed by atoms with Gasteiger partial charge in [-0.3, -0.25) is 9.59 Å². The Morgan fingerprint density at radius 2 is 2.19 bits per heavy atom. The second-order valence-corrected chi connectivity index (χ2v) is 7.98. The summed E-state index contributed by atoms with van der Waals surface area (Å²) in [5, 5.41) is 37.3. The van der Waals surface area contributed by atoms with E-state index in [1.807, 2.05) is 0 Å². The molecule has 0 radical (unpaired) electrons. The Morgan fingerprint density at radius 3 is 2.94 bits per heavy atom. The SMILES string of the molecule is O=C(Cc1nnn(CC(=O)N[C@H]2CCNC2)n1)C[C@H]1Cc2cccc(C(=O)O)c2OB1O. The predicted octanol–water partition coefficient (Wildman–Crippen LogP) is -1.16. The number of rotatable bonds is 8. The lowest BCUT2D eigenvalue weighted by atomic mass is 9.64. The lowest BCUT2D eigenvalue weighted by Crippen LogP contribution is -2.38. The number of aromatic carboxylic acids is 1. The smallest absolute Gasteiger partial charge is 0.526 e. The Labute approximate surface area is 183 Å². The number of carbonyl (C=O) groups is 3. The summed E-state index contributed by atoms with van der Waals surface area (Å²) in [4.78, 5) is 37.0. The van der Waals surface area contributed by atoms with Crippen LogP contribution in [0.3, 0.4) is 0 Å². The number of hydrogen-bond donors (Lipinski definition) is 4. The van der Waals surface area contributed by atoms with Gasteiger partial charge in [0.15, 0.2) is 5.82 Å². The molecule has 13 heteroatoms. The molecule has 12 nitrogen and oxygen atoms in total. The maximum absolute atomic E-state index is 12.5. The molecule has 3 heterocycles. The van der Waals surface area contributed by atoms with Crippen LogP contribution < -0.4 is 15.3 Å². The van der Waals surface area contributed by atoms with E-state index in [0.717, 1.165) is 24.3 Å². The van der Waals surface area contributed by atoms with Gasteiger partial charge < -0.3 is 25.4 Å². The highest BCUT2D eigenvalue weighted by Gasteiger charge is 2.37. The fourth-order valence-electron chi connectivity index (χ4n) is 3.96. The van der Waals surface area contributed by atoms with Gasteiger partial charge in [0.05, 0.1) is 12.0 Å². The molecule has 1 fully saturated rings. The number of carbonyl (C=O) groups excluding carboxylic acids is 2. The predicted molar refractivity (Wildman–Crippen MR) is 110 cm³/mol. The Balaban J connectivity index is 1.31. The number of para-hydroxylation sites is 1. The van der Waals surface area contributed by atoms with Gasteiger partial charge in [0.25, 0.3) is 0 Å². The van der Waals surface area contributed by atoms with Gasteiger partial charge in [0.2, 0.25) is 5.91 Å². The molecule has 2 aliphatic heterocycles. The van der Waals surface area contributed by atoms with Gasteiger partial charge >= 0.3 is 13.1 Å². The molecule has 1 aromatic carbocycles. The molecule has 0 saturated carbocycles. The van der Waals surface area contributed by atoms with Crippen LogP contribution in [0.1, 0.15) is 34.6 Å². The first kappa shape index (κ1) is 21.9. The topological polar surface area (TPSA) is 169 Å². The first-order valence-electron chi connectivity index (χ1n) is 10.4. The Kier molecular flexibility index (Phi) is 6.46. The number of aromatic nitrogens is 4. The molecule has 1 amide bonds. The summed E-state index contributed by atoms with van der Waals surface area (Å²) in [6.07, 6.45) is 1.08. The van der Waals surface area contributed by atoms with E-state index in [-0.39, 0.29) is 54.3 Å². The minimum absolute atomic E-state index is 0.00160. The van der Waals surface area contributed by atoms with Gasteiger partial charge in [-0.1, -0.05) is 12.1 Å². The highest BCUT2D eigenvalue weighted by Crippen LogP contribution is 2.36. The number of carboxylic acids is 1. The summed E-state index contributed by atoms with van der Waals surface area (Å²) in [6.45, 7) is 1.51. The monoisotopic (exact) mass is 442 g/mol. The number of amides is 1. The number of fused-ring (bicyclic) bond motifs is 1. The van der Waals surface area contributed by atoms with E-state index in [1.54, 1.807) is 12.1 Å². The van der Waals surface area contributed by atoms with E-state index in [9.17, 15) is 24.5 Å². The molecular formula is C19H23BN6O6. The van der Waals surface area contributed by atoms with E-state index in [2.05, 4.69) is 26.0 Å². The van der Waals surface area contributed by atoms with Crippen molar-refractivity contribution < 1.29 is 29.2 Å². The number of carboxylic acid groups (broad SMARTS) is 1. The van der Waals surface area contributed by atoms with E-state index < -0.39 is 18.9 Å². The van der Waals surface area contributed by atoms with Crippen molar-refractivity contribution in [2.75, 3.05) is 13.1 Å². The third kappa shape index (κ3) is 5.11. The van der Waals surface area contributed by atoms with Crippen molar-refractivity contribution in [2.24, 2.45) is 0 Å². The number of nitrogens with zero attached hydrogens (tertiary/aromatic N) is 4. The van der Waals surface area contributed by atoms with Gasteiger partial charge in [0, 0.05) is 24.8 Å². The summed E-state index contributed by atoms with van der Waals surface area (Å²) in [6, 6.07) is 4.81. The summed E-state index contributed by atoms with van der Waals surface area (Å²) < 4.78 is 5.42. The normalized spacial score (nSPS) is 19.8. The molecule has 0 aliphatic carbocycles. The minimum atomic E-state index is -1.30. The second kappa shape index (κ2) is 9.45. The van der Waals surface area contributed by atoms with E-state index in [0.29, 0.717) is 12.0 Å². The first-order valence-corrected chi connectivity index (χ1v) is 10.4. The molecule has 0 unspecified atom stereocenters. The van der Waals surface area contributed by atoms with Gasteiger partial charge in [-0.05, 0) is 36.2 Å². The van der Waals surface area contributed by atoms with E-state index in [4.69, 9.17) is 4.65 Å². The summed E-state index contributed by atoms with van der Waals surface area (Å²) in [5.41, 5.74) is 0.598. The molecule has 0 spiro atoms. The highest BCUT2D eigenvalue weighted by molar-refractivity contribution is 6.47. The van der Waals surface area contributed by atoms with Crippen molar-refractivity contribution in [3.63, 3.8) is 0 Å². The van der Waals surface area contributed by atoms with Crippen LogP contribution in [0.4, 0.5) is 0 Å². The average molecular weight is 442 g/mol. The van der Waals surface area contributed by atoms with E-state index in [1.165, 1.54) is 6.07 Å². The maximum Gasteiger partial charge on any atom is 0.526 e. The molecule has 2 aromatic rings. The van der Waals surface area contributed by atoms with Gasteiger partial charge in [-0.2, -0.15) is 4.80 Å². The maximum atomic E-state index is 12.5. The lowest BCUT2D eigenvalue weighted by Gasteiger charge is -2.27. The van der Waals surface area contributed by atoms with Crippen LogP contribution in [-0.4, -0.2) is 74.2 Å². The Bertz CT molecular complexity index is 1020. The van der Waals surface area contributed by atoms with Crippen molar-refractivity contribution in [1.29, 1.82) is 0 Å². The summed E-state index contributed by atoms with van der Waals surface area (Å²) in [5.74, 6) is -1.81. The number of benzene rings is 1. The van der Waals surface area contributed by atoms with Gasteiger partial charge in [-0.25, -0.2) is 4.79 Å². The highest BCUT2D eigenvalue weighted by atomic mass is 16.5. The Morgan fingerprint density at radius 1 is 1.34 bits per heavy atom. The zero-order chi connectivity index (χ0) is 22.7. The van der Waals surface area contributed by atoms with E-state index >= 15 is 0 Å². The molecular weight excluding hydrogens is 419 g/mol. The lowest BCUT2D eigenvalue weighted by molar-refractivity contribution is -0.122. The molecule has 1 saturated heterocycles. The molecule has 2 atom stereocenters. The molecule has 32 heavy (non-hydrogen) atoms. The van der Waals surface area contributed by atoms with Crippen LogP contribution in [0.2, 0.25) is 5.82 Å². The van der Waals surface area contributed by atoms with Crippen molar-refractivity contribution in [2.45, 2.75) is 44.1 Å². The van der Waals surface area contributed by atoms with Crippen molar-refractivity contribution >= 4 is 24.8 Å². The van der Waals surface area contributed by atoms with Crippen LogP contribution in [0.25, 0.3) is 0 Å². The summed E-state index contributed by atoms with van der Waals surface area (Å²) >= 11 is 0. The number of ketones is 1. The quantitative estimate of drug-likeness (QED) is 0.366. The third-order valence-electron chi connectivity index (χ3n) is 5.50. The van der Waals surface area contributed by atoms with Crippen LogP contribution in [0.15, 0.2) is 18.2 Å². The molecule has 1 aromatic heterocycles. The fourth-order valence-corrected chi connectivity index (χ4v) is 3.96. The zero-order valence-corrected chi connectivity index (χ0v) is 17.2. The molecule has 4 N–H and O–H groups in total. The largest absolute Gasteiger partial charge is 0.535 e. The van der Waals surface area contributed by atoms with Crippen LogP contribution in [0.5, 0.6) is 5.75 Å². The molecule has 168 valence electrons. The van der Waals surface area contributed by atoms with Crippen molar-refractivity contribution in [3.05, 3.63) is 35.2 Å². The van der Waals surface area contributed by atoms with Gasteiger partial charge in [0.1, 0.15) is 18.1 Å².